The predicted octanol–water partition coefficient (Wildman–Crippen LogP) is 6.94. The summed E-state index contributed by atoms with van der Waals surface area (Å²) < 4.78 is 33.9. The van der Waals surface area contributed by atoms with Crippen molar-refractivity contribution in [2.24, 2.45) is 11.8 Å². The zero-order chi connectivity index (χ0) is 21.8. The number of phosphoric acid groups is 1. The summed E-state index contributed by atoms with van der Waals surface area (Å²) in [6.45, 7) is 6.91. The van der Waals surface area contributed by atoms with E-state index < -0.39 is 13.8 Å². The summed E-state index contributed by atoms with van der Waals surface area (Å²) in [6.07, 6.45) is 15.1. The minimum atomic E-state index is -3.65. The summed E-state index contributed by atoms with van der Waals surface area (Å²) in [4.78, 5) is 11.7. The van der Waals surface area contributed by atoms with Gasteiger partial charge in [0.1, 0.15) is 12.4 Å². The third-order valence-corrected chi connectivity index (χ3v) is 7.24. The number of ether oxygens (including phenoxy) is 1. The van der Waals surface area contributed by atoms with Crippen molar-refractivity contribution >= 4 is 13.8 Å². The first kappa shape index (κ1) is 25.4. The SMILES string of the molecule is CC1=C2C(=O)OC[C@@H]2CO[P@](=O)(OCCCCCCCCCCCCCC(C)C)O1. The van der Waals surface area contributed by atoms with Crippen molar-refractivity contribution in [2.75, 3.05) is 19.8 Å². The molecule has 0 saturated carbocycles. The van der Waals surface area contributed by atoms with Crippen LogP contribution in [0.4, 0.5) is 0 Å². The molecule has 30 heavy (non-hydrogen) atoms. The summed E-state index contributed by atoms with van der Waals surface area (Å²) in [6, 6.07) is 0. The minimum Gasteiger partial charge on any atom is -0.461 e. The average molecular weight is 445 g/mol. The lowest BCUT2D eigenvalue weighted by atomic mass is 10.0. The van der Waals surface area contributed by atoms with Crippen LogP contribution in [0, 0.1) is 11.8 Å². The van der Waals surface area contributed by atoms with E-state index >= 15 is 0 Å². The molecule has 0 aromatic carbocycles. The molecule has 2 atom stereocenters. The molecule has 6 nitrogen and oxygen atoms in total. The summed E-state index contributed by atoms with van der Waals surface area (Å²) in [5.74, 6) is 0.492. The van der Waals surface area contributed by atoms with Gasteiger partial charge in [-0.2, -0.15) is 0 Å². The Bertz CT molecular complexity index is 601. The largest absolute Gasteiger partial charge is 0.529 e. The van der Waals surface area contributed by atoms with E-state index in [4.69, 9.17) is 18.3 Å². The van der Waals surface area contributed by atoms with E-state index in [1.54, 1.807) is 6.92 Å². The highest BCUT2D eigenvalue weighted by molar-refractivity contribution is 7.48. The molecule has 0 N–H and O–H groups in total. The Kier molecular flexibility index (Phi) is 11.5. The number of unbranched alkanes of at least 4 members (excludes halogenated alkanes) is 10. The zero-order valence-electron chi connectivity index (χ0n) is 19.2. The van der Waals surface area contributed by atoms with Crippen LogP contribution in [0.15, 0.2) is 11.3 Å². The van der Waals surface area contributed by atoms with Gasteiger partial charge in [-0.1, -0.05) is 84.5 Å². The van der Waals surface area contributed by atoms with Gasteiger partial charge in [0, 0.05) is 0 Å². The van der Waals surface area contributed by atoms with Crippen LogP contribution >= 0.6 is 7.82 Å². The second kappa shape index (κ2) is 13.5. The van der Waals surface area contributed by atoms with Crippen molar-refractivity contribution in [2.45, 2.75) is 97.8 Å². The number of phosphoric ester groups is 1. The maximum atomic E-state index is 12.7. The van der Waals surface area contributed by atoms with Crippen molar-refractivity contribution in [1.82, 2.24) is 0 Å². The Morgan fingerprint density at radius 2 is 1.50 bits per heavy atom. The zero-order valence-corrected chi connectivity index (χ0v) is 20.1. The second-order valence-corrected chi connectivity index (χ2v) is 10.6. The van der Waals surface area contributed by atoms with Gasteiger partial charge in [-0.05, 0) is 19.3 Å². The van der Waals surface area contributed by atoms with E-state index in [1.165, 1.54) is 64.2 Å². The third-order valence-electron chi connectivity index (χ3n) is 5.78. The average Bonchev–Trinajstić information content (AvgIpc) is 3.01. The maximum Gasteiger partial charge on any atom is 0.529 e. The fraction of sp³-hybridized carbons (Fsp3) is 0.870. The highest BCUT2D eigenvalue weighted by Crippen LogP contribution is 2.54. The van der Waals surface area contributed by atoms with Crippen molar-refractivity contribution in [3.63, 3.8) is 0 Å². The highest BCUT2D eigenvalue weighted by Gasteiger charge is 2.42. The molecule has 0 spiro atoms. The molecule has 1 fully saturated rings. The number of carbonyl (C=O) groups excluding carboxylic acids is 1. The predicted molar refractivity (Wildman–Crippen MR) is 118 cm³/mol. The van der Waals surface area contributed by atoms with Crippen LogP contribution in [0.3, 0.4) is 0 Å². The fourth-order valence-electron chi connectivity index (χ4n) is 3.98. The Morgan fingerprint density at radius 3 is 2.10 bits per heavy atom. The number of carbonyl (C=O) groups is 1. The Morgan fingerprint density at radius 1 is 0.933 bits per heavy atom. The summed E-state index contributed by atoms with van der Waals surface area (Å²) in [5.41, 5.74) is 0.423. The van der Waals surface area contributed by atoms with E-state index in [2.05, 4.69) is 13.8 Å². The molecular weight excluding hydrogens is 403 g/mol. The number of hydrogen-bond acceptors (Lipinski definition) is 6. The molecule has 0 aromatic rings. The summed E-state index contributed by atoms with van der Waals surface area (Å²) in [5, 5.41) is 0. The lowest BCUT2D eigenvalue weighted by molar-refractivity contribution is -0.135. The van der Waals surface area contributed by atoms with E-state index in [9.17, 15) is 9.36 Å². The molecular formula is C23H41O6P. The van der Waals surface area contributed by atoms with Crippen molar-refractivity contribution < 1.29 is 27.7 Å². The lowest BCUT2D eigenvalue weighted by Gasteiger charge is -2.17. The van der Waals surface area contributed by atoms with E-state index in [-0.39, 0.29) is 19.1 Å². The van der Waals surface area contributed by atoms with Crippen LogP contribution in [0.25, 0.3) is 0 Å². The second-order valence-electron chi connectivity index (χ2n) is 9.00. The Hall–Kier alpha value is -0.840. The third kappa shape index (κ3) is 9.11. The van der Waals surface area contributed by atoms with Gasteiger partial charge in [0.15, 0.2) is 0 Å². The molecule has 2 aliphatic heterocycles. The number of rotatable bonds is 15. The first-order chi connectivity index (χ1) is 14.4. The molecule has 0 bridgehead atoms. The number of allylic oxidation sites excluding steroid dienone is 1. The fourth-order valence-corrected chi connectivity index (χ4v) is 5.31. The topological polar surface area (TPSA) is 71.1 Å². The van der Waals surface area contributed by atoms with E-state index in [0.29, 0.717) is 17.9 Å². The molecule has 0 aromatic heterocycles. The molecule has 0 radical (unpaired) electrons. The molecule has 2 rings (SSSR count). The maximum absolute atomic E-state index is 12.7. The molecule has 2 aliphatic rings. The van der Waals surface area contributed by atoms with Gasteiger partial charge in [0.05, 0.1) is 24.7 Å². The number of hydrogen-bond donors (Lipinski definition) is 0. The van der Waals surface area contributed by atoms with Crippen molar-refractivity contribution in [1.29, 1.82) is 0 Å². The van der Waals surface area contributed by atoms with Crippen molar-refractivity contribution in [3.05, 3.63) is 11.3 Å². The summed E-state index contributed by atoms with van der Waals surface area (Å²) >= 11 is 0. The van der Waals surface area contributed by atoms with Crippen LogP contribution in [-0.2, 0) is 27.7 Å². The molecule has 174 valence electrons. The van der Waals surface area contributed by atoms with Gasteiger partial charge in [-0.3, -0.25) is 9.05 Å². The number of fused-ring (bicyclic) bond motifs is 1. The quantitative estimate of drug-likeness (QED) is 0.155. The molecule has 0 amide bonds. The van der Waals surface area contributed by atoms with Crippen LogP contribution < -0.4 is 0 Å². The molecule has 2 heterocycles. The van der Waals surface area contributed by atoms with Gasteiger partial charge in [0.2, 0.25) is 0 Å². The Labute approximate surface area is 182 Å². The molecule has 0 aliphatic carbocycles. The standard InChI is InChI=1S/C23H41O6P/c1-19(2)15-13-11-9-7-5-4-6-8-10-12-14-16-27-30(25)28-18-21-17-26-23(24)22(21)20(3)29-30/h19,21H,4-18H2,1-3H3/t21-,30+/m1/s1. The summed E-state index contributed by atoms with van der Waals surface area (Å²) in [7, 11) is -3.65. The van der Waals surface area contributed by atoms with Gasteiger partial charge in [0.25, 0.3) is 0 Å². The van der Waals surface area contributed by atoms with Crippen LogP contribution in [-0.4, -0.2) is 25.8 Å². The number of cyclic esters (lactones) is 1. The van der Waals surface area contributed by atoms with E-state index in [1.807, 2.05) is 0 Å². The first-order valence-corrected chi connectivity index (χ1v) is 13.3. The smallest absolute Gasteiger partial charge is 0.461 e. The van der Waals surface area contributed by atoms with Gasteiger partial charge in [-0.25, -0.2) is 9.36 Å². The molecule has 1 saturated heterocycles. The normalized spacial score (nSPS) is 24.0. The minimum absolute atomic E-state index is 0.118. The van der Waals surface area contributed by atoms with Gasteiger partial charge >= 0.3 is 13.8 Å². The van der Waals surface area contributed by atoms with Crippen LogP contribution in [0.1, 0.15) is 97.8 Å². The highest BCUT2D eigenvalue weighted by atomic mass is 31.2. The first-order valence-electron chi connectivity index (χ1n) is 11.9. The van der Waals surface area contributed by atoms with Gasteiger partial charge < -0.3 is 9.26 Å². The number of esters is 1. The van der Waals surface area contributed by atoms with Crippen LogP contribution in [0.2, 0.25) is 0 Å². The van der Waals surface area contributed by atoms with Gasteiger partial charge in [-0.15, -0.1) is 0 Å². The molecule has 0 unspecified atom stereocenters. The van der Waals surface area contributed by atoms with Crippen molar-refractivity contribution in [3.8, 4) is 0 Å². The monoisotopic (exact) mass is 444 g/mol. The molecule has 7 heteroatoms. The van der Waals surface area contributed by atoms with E-state index in [0.717, 1.165) is 18.8 Å². The van der Waals surface area contributed by atoms with Crippen LogP contribution in [0.5, 0.6) is 0 Å². The Balaban J connectivity index is 1.45. The lowest BCUT2D eigenvalue weighted by Crippen LogP contribution is -2.10.